The zero-order valence-electron chi connectivity index (χ0n) is 17.5. The standard InChI is InChI=1S/C23H23N5O3/c1-23(2,3)14-21(30)25-19-12-17(18-10-7-11-31-18)27-28(19)22-24-16(13-20(29)26-22)15-8-5-4-6-9-15/h4-13H,14H2,1-3H3,(H,25,30)(H,24,26,29). The van der Waals surface area contributed by atoms with E-state index in [0.717, 1.165) is 5.56 Å². The first-order valence-corrected chi connectivity index (χ1v) is 9.89. The van der Waals surface area contributed by atoms with Gasteiger partial charge in [0.05, 0.1) is 12.0 Å². The summed E-state index contributed by atoms with van der Waals surface area (Å²) in [6, 6.07) is 16.0. The summed E-state index contributed by atoms with van der Waals surface area (Å²) in [4.78, 5) is 32.2. The summed E-state index contributed by atoms with van der Waals surface area (Å²) in [5, 5.41) is 7.41. The predicted molar refractivity (Wildman–Crippen MR) is 118 cm³/mol. The number of furan rings is 1. The summed E-state index contributed by atoms with van der Waals surface area (Å²) in [6.07, 6.45) is 1.87. The number of amides is 1. The predicted octanol–water partition coefficient (Wildman–Crippen LogP) is 4.26. The Kier molecular flexibility index (Phi) is 5.29. The molecule has 3 heterocycles. The van der Waals surface area contributed by atoms with E-state index in [1.54, 1.807) is 24.5 Å². The van der Waals surface area contributed by atoms with Crippen molar-refractivity contribution in [1.29, 1.82) is 0 Å². The van der Waals surface area contributed by atoms with E-state index in [1.807, 2.05) is 51.1 Å². The first kappa shape index (κ1) is 20.3. The summed E-state index contributed by atoms with van der Waals surface area (Å²) < 4.78 is 6.85. The molecule has 0 aliphatic carbocycles. The molecular formula is C23H23N5O3. The Labute approximate surface area is 179 Å². The Hall–Kier alpha value is -3.94. The van der Waals surface area contributed by atoms with Gasteiger partial charge in [-0.25, -0.2) is 4.98 Å². The van der Waals surface area contributed by atoms with Gasteiger partial charge in [-0.2, -0.15) is 9.78 Å². The summed E-state index contributed by atoms with van der Waals surface area (Å²) >= 11 is 0. The van der Waals surface area contributed by atoms with Crippen LogP contribution < -0.4 is 10.9 Å². The number of rotatable bonds is 5. The van der Waals surface area contributed by atoms with Crippen LogP contribution >= 0.6 is 0 Å². The van der Waals surface area contributed by atoms with E-state index in [0.29, 0.717) is 29.4 Å². The van der Waals surface area contributed by atoms with Gasteiger partial charge in [0.25, 0.3) is 5.56 Å². The van der Waals surface area contributed by atoms with E-state index in [2.05, 4.69) is 20.4 Å². The molecule has 2 N–H and O–H groups in total. The third kappa shape index (κ3) is 4.80. The maximum Gasteiger partial charge on any atom is 0.252 e. The highest BCUT2D eigenvalue weighted by atomic mass is 16.3. The maximum atomic E-state index is 12.6. The molecule has 3 aromatic heterocycles. The number of carbonyl (C=O) groups is 1. The molecule has 0 aliphatic rings. The zero-order chi connectivity index (χ0) is 22.0. The Morgan fingerprint density at radius 3 is 2.55 bits per heavy atom. The van der Waals surface area contributed by atoms with Crippen molar-refractivity contribution in [3.05, 3.63) is 71.2 Å². The lowest BCUT2D eigenvalue weighted by Gasteiger charge is -2.17. The summed E-state index contributed by atoms with van der Waals surface area (Å²) in [6.45, 7) is 5.96. The van der Waals surface area contributed by atoms with E-state index < -0.39 is 0 Å². The molecule has 8 nitrogen and oxygen atoms in total. The molecule has 4 rings (SSSR count). The van der Waals surface area contributed by atoms with Crippen molar-refractivity contribution in [1.82, 2.24) is 19.7 Å². The van der Waals surface area contributed by atoms with E-state index in [-0.39, 0.29) is 22.8 Å². The van der Waals surface area contributed by atoms with Crippen LogP contribution in [0.15, 0.2) is 70.1 Å². The van der Waals surface area contributed by atoms with Crippen LogP contribution in [0.25, 0.3) is 28.7 Å². The third-order valence-corrected chi connectivity index (χ3v) is 4.44. The largest absolute Gasteiger partial charge is 0.463 e. The number of carbonyl (C=O) groups excluding carboxylic acids is 1. The molecular weight excluding hydrogens is 394 g/mol. The van der Waals surface area contributed by atoms with Gasteiger partial charge in [0.15, 0.2) is 5.76 Å². The number of hydrogen-bond acceptors (Lipinski definition) is 5. The number of nitrogens with zero attached hydrogens (tertiary/aromatic N) is 3. The molecule has 158 valence electrons. The fourth-order valence-corrected chi connectivity index (χ4v) is 3.15. The minimum Gasteiger partial charge on any atom is -0.463 e. The molecule has 0 saturated heterocycles. The van der Waals surface area contributed by atoms with Crippen molar-refractivity contribution in [3.63, 3.8) is 0 Å². The highest BCUT2D eigenvalue weighted by molar-refractivity contribution is 5.91. The van der Waals surface area contributed by atoms with Crippen molar-refractivity contribution in [2.75, 3.05) is 5.32 Å². The van der Waals surface area contributed by atoms with Crippen LogP contribution in [0.5, 0.6) is 0 Å². The fourth-order valence-electron chi connectivity index (χ4n) is 3.15. The molecule has 0 unspecified atom stereocenters. The average Bonchev–Trinajstić information content (AvgIpc) is 3.36. The monoisotopic (exact) mass is 417 g/mol. The fraction of sp³-hybridized carbons (Fsp3) is 0.217. The Morgan fingerprint density at radius 1 is 1.10 bits per heavy atom. The van der Waals surface area contributed by atoms with Gasteiger partial charge in [-0.15, -0.1) is 0 Å². The molecule has 0 saturated carbocycles. The lowest BCUT2D eigenvalue weighted by molar-refractivity contribution is -0.117. The molecule has 0 radical (unpaired) electrons. The van der Waals surface area contributed by atoms with Gasteiger partial charge in [0.1, 0.15) is 11.5 Å². The third-order valence-electron chi connectivity index (χ3n) is 4.44. The highest BCUT2D eigenvalue weighted by Gasteiger charge is 2.20. The number of aromatic nitrogens is 4. The molecule has 0 spiro atoms. The number of hydrogen-bond donors (Lipinski definition) is 2. The average molecular weight is 417 g/mol. The minimum absolute atomic E-state index is 0.166. The smallest absolute Gasteiger partial charge is 0.252 e. The van der Waals surface area contributed by atoms with Crippen molar-refractivity contribution < 1.29 is 9.21 Å². The topological polar surface area (TPSA) is 106 Å². The van der Waals surface area contributed by atoms with E-state index >= 15 is 0 Å². The van der Waals surface area contributed by atoms with Crippen LogP contribution in [0.2, 0.25) is 0 Å². The van der Waals surface area contributed by atoms with Gasteiger partial charge >= 0.3 is 0 Å². The number of aromatic amines is 1. The lowest BCUT2D eigenvalue weighted by Crippen LogP contribution is -2.22. The van der Waals surface area contributed by atoms with Gasteiger partial charge in [-0.3, -0.25) is 14.6 Å². The Morgan fingerprint density at radius 2 is 1.87 bits per heavy atom. The number of anilines is 1. The molecule has 1 aromatic carbocycles. The van der Waals surface area contributed by atoms with Crippen LogP contribution in [0.1, 0.15) is 27.2 Å². The van der Waals surface area contributed by atoms with E-state index in [9.17, 15) is 9.59 Å². The van der Waals surface area contributed by atoms with Crippen LogP contribution in [-0.2, 0) is 4.79 Å². The van der Waals surface area contributed by atoms with Gasteiger partial charge in [-0.05, 0) is 17.5 Å². The second-order valence-electron chi connectivity index (χ2n) is 8.41. The number of nitrogens with one attached hydrogen (secondary N) is 2. The normalized spacial score (nSPS) is 11.5. The molecule has 0 bridgehead atoms. The minimum atomic E-state index is -0.328. The van der Waals surface area contributed by atoms with Gasteiger partial charge in [0.2, 0.25) is 11.9 Å². The number of benzene rings is 1. The number of H-pyrrole nitrogens is 1. The molecule has 0 aliphatic heterocycles. The maximum absolute atomic E-state index is 12.6. The zero-order valence-corrected chi connectivity index (χ0v) is 17.5. The van der Waals surface area contributed by atoms with Gasteiger partial charge in [-0.1, -0.05) is 51.1 Å². The first-order valence-electron chi connectivity index (χ1n) is 9.89. The molecule has 31 heavy (non-hydrogen) atoms. The highest BCUT2D eigenvalue weighted by Crippen LogP contribution is 2.26. The van der Waals surface area contributed by atoms with Gasteiger partial charge in [0, 0.05) is 24.1 Å². The van der Waals surface area contributed by atoms with Crippen LogP contribution in [-0.4, -0.2) is 25.7 Å². The lowest BCUT2D eigenvalue weighted by atomic mass is 9.92. The van der Waals surface area contributed by atoms with Crippen LogP contribution in [0.4, 0.5) is 5.82 Å². The second kappa shape index (κ2) is 8.06. The molecule has 8 heteroatoms. The molecule has 4 aromatic rings. The van der Waals surface area contributed by atoms with Crippen LogP contribution in [0, 0.1) is 5.41 Å². The summed E-state index contributed by atoms with van der Waals surface area (Å²) in [7, 11) is 0. The van der Waals surface area contributed by atoms with Crippen molar-refractivity contribution in [2.24, 2.45) is 5.41 Å². The van der Waals surface area contributed by atoms with Gasteiger partial charge < -0.3 is 9.73 Å². The molecule has 1 amide bonds. The molecule has 0 atom stereocenters. The summed E-state index contributed by atoms with van der Waals surface area (Å²) in [5.41, 5.74) is 1.29. The first-order chi connectivity index (χ1) is 14.8. The second-order valence-corrected chi connectivity index (χ2v) is 8.41. The Balaban J connectivity index is 1.79. The quantitative estimate of drug-likeness (QED) is 0.505. The van der Waals surface area contributed by atoms with E-state index in [4.69, 9.17) is 4.42 Å². The van der Waals surface area contributed by atoms with Crippen molar-refractivity contribution in [2.45, 2.75) is 27.2 Å². The summed E-state index contributed by atoms with van der Waals surface area (Å²) in [5.74, 6) is 0.942. The SMILES string of the molecule is CC(C)(C)CC(=O)Nc1cc(-c2ccco2)nn1-c1nc(-c2ccccc2)cc(=O)[nH]1. The Bertz CT molecular complexity index is 1250. The van der Waals surface area contributed by atoms with Crippen molar-refractivity contribution >= 4 is 11.7 Å². The van der Waals surface area contributed by atoms with Crippen LogP contribution in [0.3, 0.4) is 0 Å². The van der Waals surface area contributed by atoms with E-state index in [1.165, 1.54) is 10.7 Å². The van der Waals surface area contributed by atoms with Crippen molar-refractivity contribution in [3.8, 4) is 28.7 Å². The molecule has 0 fully saturated rings.